The second-order valence-corrected chi connectivity index (χ2v) is 22.7. The van der Waals surface area contributed by atoms with Crippen molar-refractivity contribution in [2.45, 2.75) is 127 Å². The number of alkyl halides is 18. The van der Waals surface area contributed by atoms with Gasteiger partial charge in [-0.15, -0.1) is 0 Å². The molecule has 8 aromatic rings. The molecule has 13 nitrogen and oxygen atoms in total. The molecule has 10 rings (SSSR count). The van der Waals surface area contributed by atoms with E-state index < -0.39 is 89.1 Å². The van der Waals surface area contributed by atoms with Gasteiger partial charge in [0.05, 0.1) is 57.9 Å². The van der Waals surface area contributed by atoms with Gasteiger partial charge >= 0.3 is 37.1 Å². The van der Waals surface area contributed by atoms with Gasteiger partial charge in [-0.25, -0.2) is 19.9 Å². The van der Waals surface area contributed by atoms with Crippen LogP contribution in [-0.4, -0.2) is 83.0 Å². The summed E-state index contributed by atoms with van der Waals surface area (Å²) in [5.41, 5.74) is -4.60. The lowest BCUT2D eigenvalue weighted by molar-refractivity contribution is -0.144. The molecular weight excluding hydrogens is 1280 g/mol. The fourth-order valence-corrected chi connectivity index (χ4v) is 11.7. The third-order valence-electron chi connectivity index (χ3n) is 16.4. The predicted molar refractivity (Wildman–Crippen MR) is 311 cm³/mol. The van der Waals surface area contributed by atoms with Crippen molar-refractivity contribution >= 4 is 29.6 Å². The van der Waals surface area contributed by atoms with Gasteiger partial charge in [0.1, 0.15) is 0 Å². The molecular formula is C63H58F18N12O. The van der Waals surface area contributed by atoms with Crippen molar-refractivity contribution in [1.82, 2.24) is 39.5 Å². The van der Waals surface area contributed by atoms with Gasteiger partial charge in [-0.2, -0.15) is 89.2 Å². The van der Waals surface area contributed by atoms with Gasteiger partial charge in [0.25, 0.3) is 0 Å². The van der Waals surface area contributed by atoms with E-state index in [4.69, 9.17) is 0 Å². The zero-order valence-corrected chi connectivity index (χ0v) is 50.4. The van der Waals surface area contributed by atoms with Crippen LogP contribution < -0.4 is 19.6 Å². The van der Waals surface area contributed by atoms with Gasteiger partial charge in [0.15, 0.2) is 6.29 Å². The first kappa shape index (κ1) is 69.4. The highest BCUT2D eigenvalue weighted by atomic mass is 19.4. The summed E-state index contributed by atoms with van der Waals surface area (Å²) in [7, 11) is 3.43. The molecule has 0 spiro atoms. The maximum Gasteiger partial charge on any atom is 0.416 e. The van der Waals surface area contributed by atoms with Gasteiger partial charge in [-0.05, 0) is 122 Å². The minimum absolute atomic E-state index is 0.00773. The molecule has 2 fully saturated rings. The molecule has 0 radical (unpaired) electrons. The van der Waals surface area contributed by atoms with Gasteiger partial charge in [0, 0.05) is 129 Å². The molecule has 0 unspecified atom stereocenters. The first-order chi connectivity index (χ1) is 43.9. The Morgan fingerprint density at radius 1 is 0.447 bits per heavy atom. The fraction of sp³-hybridized carbons (Fsp3) is 0.381. The molecule has 2 aliphatic heterocycles. The maximum atomic E-state index is 13.7. The zero-order valence-electron chi connectivity index (χ0n) is 50.4. The summed E-state index contributed by atoms with van der Waals surface area (Å²) in [5, 5.41) is 8.20. The number of carbonyl (C=O) groups is 1. The van der Waals surface area contributed by atoms with Crippen LogP contribution >= 0.6 is 0 Å². The molecule has 31 heteroatoms. The molecule has 2 aliphatic rings. The molecule has 4 aromatic carbocycles. The Bertz CT molecular complexity index is 3870. The normalized spacial score (nSPS) is 17.4. The molecule has 0 N–H and O–H groups in total. The molecule has 0 saturated carbocycles. The second-order valence-electron chi connectivity index (χ2n) is 22.7. The zero-order chi connectivity index (χ0) is 68.6. The highest BCUT2D eigenvalue weighted by molar-refractivity contribution is 5.85. The molecule has 4 aromatic heterocycles. The summed E-state index contributed by atoms with van der Waals surface area (Å²) >= 11 is 0. The van der Waals surface area contributed by atoms with E-state index in [1.54, 1.807) is 65.0 Å². The molecule has 2 saturated heterocycles. The van der Waals surface area contributed by atoms with Crippen molar-refractivity contribution in [2.75, 3.05) is 32.7 Å². The Morgan fingerprint density at radius 3 is 1.12 bits per heavy atom. The first-order valence-corrected chi connectivity index (χ1v) is 29.1. The standard InChI is InChI=1S/C32H31F9N6.C31H27F9N6O/c1-4-20-10-23(30(33,34)35)6-7-28(20)46-18-27(12-26(46)5-2)47(29-42-13-21(14-43-29)22-15-44-45(3)17-22)16-19-8-24(31(36,37)38)11-25(9-19)32(39,40)41;1-3-25-10-26(16-45(25)27-5-4-22(29(32,33)34)8-19(27)17-47)46(28-41-11-20(12-42-28)21-13-43-44(2)15-21)14-18-6-23(30(35,36)37)9-24(7-18)31(38,39)40/h6-11,13-15,17,26-27H,4-5,12,16,18H2,1-3H3;4-9,11-13,15,17,25-26H,3,10,14,16H2,1-2H3/t26-,27+;25-,26+/m11/s1. The largest absolute Gasteiger partial charge is 0.416 e. The van der Waals surface area contributed by atoms with Crippen molar-refractivity contribution in [2.24, 2.45) is 14.1 Å². The topological polar surface area (TPSA) is 117 Å². The van der Waals surface area contributed by atoms with Crippen LogP contribution in [0.15, 0.2) is 122 Å². The van der Waals surface area contributed by atoms with Gasteiger partial charge < -0.3 is 19.6 Å². The molecule has 4 atom stereocenters. The number of nitrogens with zero attached hydrogens (tertiary/aromatic N) is 12. The average Bonchev–Trinajstić information content (AvgIpc) is 1.55. The molecule has 94 heavy (non-hydrogen) atoms. The van der Waals surface area contributed by atoms with E-state index in [0.717, 1.165) is 24.3 Å². The van der Waals surface area contributed by atoms with Crippen LogP contribution in [0.1, 0.15) is 107 Å². The number of hydrogen-bond acceptors (Lipinski definition) is 11. The van der Waals surface area contributed by atoms with Gasteiger partial charge in [-0.1, -0.05) is 20.8 Å². The van der Waals surface area contributed by atoms with E-state index in [1.807, 2.05) is 18.7 Å². The lowest BCUT2D eigenvalue weighted by Crippen LogP contribution is -2.39. The Labute approximate surface area is 525 Å². The number of aromatic nitrogens is 8. The van der Waals surface area contributed by atoms with Crippen molar-refractivity contribution in [3.8, 4) is 22.3 Å². The van der Waals surface area contributed by atoms with Crippen LogP contribution in [0, 0.1) is 0 Å². The van der Waals surface area contributed by atoms with E-state index in [0.29, 0.717) is 89.7 Å². The molecule has 502 valence electrons. The van der Waals surface area contributed by atoms with Crippen molar-refractivity contribution in [3.05, 3.63) is 178 Å². The monoisotopic (exact) mass is 1340 g/mol. The summed E-state index contributed by atoms with van der Waals surface area (Å²) in [6.07, 6.45) is -14.6. The summed E-state index contributed by atoms with van der Waals surface area (Å²) in [5.74, 6) is 0.0850. The predicted octanol–water partition coefficient (Wildman–Crippen LogP) is 16.4. The summed E-state index contributed by atoms with van der Waals surface area (Å²) in [6.45, 7) is 4.89. The minimum Gasteiger partial charge on any atom is -0.366 e. The van der Waals surface area contributed by atoms with E-state index in [9.17, 15) is 83.8 Å². The number of halogens is 18. The summed E-state index contributed by atoms with van der Waals surface area (Å²) < 4.78 is 248. The quantitative estimate of drug-likeness (QED) is 0.0680. The average molecular weight is 1340 g/mol. The number of hydrogen-bond donors (Lipinski definition) is 0. The number of rotatable bonds is 16. The Hall–Kier alpha value is -8.93. The van der Waals surface area contributed by atoms with E-state index in [-0.39, 0.29) is 84.5 Å². The minimum atomic E-state index is -5.06. The summed E-state index contributed by atoms with van der Waals surface area (Å²) in [6, 6.07) is 7.38. The maximum absolute atomic E-state index is 13.7. The Balaban J connectivity index is 0.000000221. The second kappa shape index (κ2) is 26.8. The molecule has 6 heterocycles. The fourth-order valence-electron chi connectivity index (χ4n) is 11.7. The highest BCUT2D eigenvalue weighted by Gasteiger charge is 2.43. The number of benzene rings is 4. The molecule has 0 amide bonds. The van der Waals surface area contributed by atoms with Crippen molar-refractivity contribution in [1.29, 1.82) is 0 Å². The third kappa shape index (κ3) is 16.0. The van der Waals surface area contributed by atoms with Crippen LogP contribution in [0.3, 0.4) is 0 Å². The molecule has 0 bridgehead atoms. The van der Waals surface area contributed by atoms with Gasteiger partial charge in [-0.3, -0.25) is 14.2 Å². The van der Waals surface area contributed by atoms with Crippen LogP contribution in [0.25, 0.3) is 22.3 Å². The van der Waals surface area contributed by atoms with Crippen LogP contribution in [0.4, 0.5) is 102 Å². The van der Waals surface area contributed by atoms with E-state index in [2.05, 4.69) is 30.1 Å². The highest BCUT2D eigenvalue weighted by Crippen LogP contribution is 2.43. The Kier molecular flexibility index (Phi) is 19.8. The van der Waals surface area contributed by atoms with Crippen molar-refractivity contribution < 1.29 is 83.8 Å². The number of carbonyl (C=O) groups excluding carboxylic acids is 1. The van der Waals surface area contributed by atoms with E-state index in [1.165, 1.54) is 41.8 Å². The van der Waals surface area contributed by atoms with Gasteiger partial charge in [0.2, 0.25) is 11.9 Å². The number of anilines is 4. The summed E-state index contributed by atoms with van der Waals surface area (Å²) in [4.78, 5) is 36.3. The van der Waals surface area contributed by atoms with Crippen LogP contribution in [0.5, 0.6) is 0 Å². The lowest BCUT2D eigenvalue weighted by Gasteiger charge is -2.31. The SMILES string of the molecule is CC[C@@H]1C[C@H](N(Cc2cc(C(F)(F)F)cc(C(F)(F)F)c2)c2ncc(-c3cnn(C)c3)cn2)CN1c1ccc(C(F)(F)F)cc1C=O.CCc1cc(C(F)(F)F)ccc1N1C[C@@H](N(Cc2cc(C(F)(F)F)cc(C(F)(F)F)c2)c2ncc(-c3cnn(C)c3)cn2)C[C@H]1CC. The third-order valence-corrected chi connectivity index (χ3v) is 16.4. The first-order valence-electron chi connectivity index (χ1n) is 29.1. The Morgan fingerprint density at radius 2 is 0.798 bits per heavy atom. The molecule has 0 aliphatic carbocycles. The van der Waals surface area contributed by atoms with Crippen LogP contribution in [-0.2, 0) is 70.7 Å². The van der Waals surface area contributed by atoms with Crippen LogP contribution in [0.2, 0.25) is 0 Å². The number of aldehydes is 1. The lowest BCUT2D eigenvalue weighted by atomic mass is 10.0. The van der Waals surface area contributed by atoms with Crippen molar-refractivity contribution in [3.63, 3.8) is 0 Å². The smallest absolute Gasteiger partial charge is 0.366 e. The number of aryl methyl sites for hydroxylation is 3. The van der Waals surface area contributed by atoms with E-state index >= 15 is 0 Å².